The van der Waals surface area contributed by atoms with Gasteiger partial charge in [0.05, 0.1) is 5.69 Å². The number of nitrogens with one attached hydrogen (secondary N) is 1. The number of nitrogens with two attached hydrogens (primary N) is 1. The molecule has 5 heteroatoms. The summed E-state index contributed by atoms with van der Waals surface area (Å²) < 4.78 is 0. The first kappa shape index (κ1) is 13.0. The molecule has 0 unspecified atom stereocenters. The van der Waals surface area contributed by atoms with Gasteiger partial charge in [-0.05, 0) is 12.5 Å². The summed E-state index contributed by atoms with van der Waals surface area (Å²) >= 11 is 0. The van der Waals surface area contributed by atoms with Crippen LogP contribution in [0.1, 0.15) is 22.5 Å². The first-order valence-corrected chi connectivity index (χ1v) is 6.85. The van der Waals surface area contributed by atoms with Gasteiger partial charge in [0, 0.05) is 37.3 Å². The Bertz CT molecular complexity index is 597. The van der Waals surface area contributed by atoms with Crippen molar-refractivity contribution in [2.45, 2.75) is 26.4 Å². The summed E-state index contributed by atoms with van der Waals surface area (Å²) in [6, 6.07) is 10.6. The van der Waals surface area contributed by atoms with Crippen molar-refractivity contribution in [3.63, 3.8) is 0 Å². The molecule has 1 aliphatic heterocycles. The first-order valence-electron chi connectivity index (χ1n) is 6.85. The molecule has 20 heavy (non-hydrogen) atoms. The second-order valence-corrected chi connectivity index (χ2v) is 5.15. The highest BCUT2D eigenvalue weighted by molar-refractivity contribution is 5.35. The van der Waals surface area contributed by atoms with E-state index in [0.29, 0.717) is 5.95 Å². The molecule has 0 amide bonds. The summed E-state index contributed by atoms with van der Waals surface area (Å²) in [4.78, 5) is 11.3. The molecule has 0 saturated heterocycles. The number of hydrazine groups is 1. The van der Waals surface area contributed by atoms with Crippen LogP contribution in [0.15, 0.2) is 30.3 Å². The second-order valence-electron chi connectivity index (χ2n) is 5.15. The quantitative estimate of drug-likeness (QED) is 0.655. The van der Waals surface area contributed by atoms with Gasteiger partial charge in [0.25, 0.3) is 0 Å². The maximum absolute atomic E-state index is 5.40. The van der Waals surface area contributed by atoms with Crippen LogP contribution < -0.4 is 11.3 Å². The fraction of sp³-hybridized carbons (Fsp3) is 0.333. The molecule has 104 valence electrons. The van der Waals surface area contributed by atoms with E-state index in [1.807, 2.05) is 13.0 Å². The van der Waals surface area contributed by atoms with Gasteiger partial charge in [-0.15, -0.1) is 0 Å². The van der Waals surface area contributed by atoms with Crippen LogP contribution in [0.25, 0.3) is 0 Å². The summed E-state index contributed by atoms with van der Waals surface area (Å²) in [7, 11) is 0. The smallest absolute Gasteiger partial charge is 0.237 e. The average Bonchev–Trinajstić information content (AvgIpc) is 2.48. The number of hydrogen-bond donors (Lipinski definition) is 2. The van der Waals surface area contributed by atoms with Crippen LogP contribution in [0.4, 0.5) is 5.95 Å². The number of nitrogens with zero attached hydrogens (tertiary/aromatic N) is 3. The number of hydrogen-bond acceptors (Lipinski definition) is 5. The van der Waals surface area contributed by atoms with Gasteiger partial charge < -0.3 is 0 Å². The van der Waals surface area contributed by atoms with Gasteiger partial charge in [-0.2, -0.15) is 0 Å². The lowest BCUT2D eigenvalue weighted by atomic mass is 10.0. The van der Waals surface area contributed by atoms with E-state index in [4.69, 9.17) is 5.84 Å². The summed E-state index contributed by atoms with van der Waals surface area (Å²) in [5.41, 5.74) is 7.25. The molecular formula is C15H19N5. The highest BCUT2D eigenvalue weighted by Gasteiger charge is 2.20. The van der Waals surface area contributed by atoms with Crippen LogP contribution in [-0.4, -0.2) is 21.4 Å². The monoisotopic (exact) mass is 269 g/mol. The van der Waals surface area contributed by atoms with Gasteiger partial charge >= 0.3 is 0 Å². The lowest BCUT2D eigenvalue weighted by Crippen LogP contribution is -2.32. The molecule has 1 aromatic heterocycles. The molecule has 3 N–H and O–H groups in total. The third kappa shape index (κ3) is 2.64. The Morgan fingerprint density at radius 1 is 1.25 bits per heavy atom. The van der Waals surface area contributed by atoms with Crippen molar-refractivity contribution in [2.24, 2.45) is 5.84 Å². The fourth-order valence-electron chi connectivity index (χ4n) is 2.68. The molecule has 5 nitrogen and oxygen atoms in total. The lowest BCUT2D eigenvalue weighted by Gasteiger charge is -2.29. The molecule has 3 rings (SSSR count). The lowest BCUT2D eigenvalue weighted by molar-refractivity contribution is 0.242. The van der Waals surface area contributed by atoms with Gasteiger partial charge in [-0.3, -0.25) is 10.3 Å². The normalized spacial score (nSPS) is 14.9. The van der Waals surface area contributed by atoms with Crippen molar-refractivity contribution >= 4 is 5.95 Å². The van der Waals surface area contributed by atoms with Crippen molar-refractivity contribution in [1.29, 1.82) is 0 Å². The Kier molecular flexibility index (Phi) is 3.62. The van der Waals surface area contributed by atoms with Gasteiger partial charge in [0.15, 0.2) is 0 Å². The first-order chi connectivity index (χ1) is 9.76. The Hall–Kier alpha value is -1.98. The molecule has 0 bridgehead atoms. The molecule has 2 heterocycles. The minimum absolute atomic E-state index is 0.512. The zero-order valence-electron chi connectivity index (χ0n) is 11.6. The maximum Gasteiger partial charge on any atom is 0.237 e. The van der Waals surface area contributed by atoms with Gasteiger partial charge in [0.1, 0.15) is 0 Å². The second kappa shape index (κ2) is 5.56. The van der Waals surface area contributed by atoms with Gasteiger partial charge in [-0.25, -0.2) is 15.8 Å². The molecular weight excluding hydrogens is 250 g/mol. The Morgan fingerprint density at radius 3 is 2.80 bits per heavy atom. The van der Waals surface area contributed by atoms with E-state index in [2.05, 4.69) is 44.6 Å². The van der Waals surface area contributed by atoms with Crippen LogP contribution in [0, 0.1) is 6.92 Å². The number of rotatable bonds is 3. The van der Waals surface area contributed by atoms with Crippen molar-refractivity contribution in [3.8, 4) is 0 Å². The number of anilines is 1. The molecule has 1 aliphatic rings. The van der Waals surface area contributed by atoms with Crippen molar-refractivity contribution in [2.75, 3.05) is 12.0 Å². The minimum atomic E-state index is 0.512. The van der Waals surface area contributed by atoms with E-state index in [-0.39, 0.29) is 0 Å². The van der Waals surface area contributed by atoms with Crippen LogP contribution in [-0.2, 0) is 19.5 Å². The third-order valence-electron chi connectivity index (χ3n) is 3.72. The van der Waals surface area contributed by atoms with Crippen LogP contribution in [0.2, 0.25) is 0 Å². The molecule has 2 aromatic rings. The largest absolute Gasteiger partial charge is 0.294 e. The summed E-state index contributed by atoms with van der Waals surface area (Å²) in [5.74, 6) is 5.91. The Labute approximate surface area is 118 Å². The maximum atomic E-state index is 5.40. The molecule has 0 atom stereocenters. The molecule has 0 radical (unpaired) electrons. The average molecular weight is 269 g/mol. The summed E-state index contributed by atoms with van der Waals surface area (Å²) in [5, 5.41) is 0. The number of nitrogen functional groups attached to an aromatic ring is 1. The van der Waals surface area contributed by atoms with Crippen LogP contribution >= 0.6 is 0 Å². The number of aryl methyl sites for hydroxylation is 1. The van der Waals surface area contributed by atoms with E-state index >= 15 is 0 Å². The van der Waals surface area contributed by atoms with Crippen LogP contribution in [0.5, 0.6) is 0 Å². The number of aromatic nitrogens is 2. The standard InChI is InChI=1S/C15H19N5/c1-11-13-10-20(9-12-5-3-2-4-6-12)8-7-14(13)18-15(17-11)19-16/h2-6H,7-10,16H2,1H3,(H,17,18,19). The predicted octanol–water partition coefficient (Wildman–Crippen LogP) is 1.63. The Morgan fingerprint density at radius 2 is 2.05 bits per heavy atom. The molecule has 0 fully saturated rings. The Balaban J connectivity index is 1.78. The highest BCUT2D eigenvalue weighted by Crippen LogP contribution is 2.22. The van der Waals surface area contributed by atoms with E-state index in [0.717, 1.165) is 37.4 Å². The van der Waals surface area contributed by atoms with Gasteiger partial charge in [0.2, 0.25) is 5.95 Å². The zero-order chi connectivity index (χ0) is 13.9. The summed E-state index contributed by atoms with van der Waals surface area (Å²) in [6.07, 6.45) is 0.945. The van der Waals surface area contributed by atoms with E-state index in [1.165, 1.54) is 11.1 Å². The highest BCUT2D eigenvalue weighted by atomic mass is 15.3. The minimum Gasteiger partial charge on any atom is -0.294 e. The van der Waals surface area contributed by atoms with Crippen molar-refractivity contribution < 1.29 is 0 Å². The number of benzene rings is 1. The van der Waals surface area contributed by atoms with E-state index < -0.39 is 0 Å². The molecule has 0 saturated carbocycles. The van der Waals surface area contributed by atoms with Gasteiger partial charge in [-0.1, -0.05) is 30.3 Å². The zero-order valence-corrected chi connectivity index (χ0v) is 11.6. The molecule has 0 spiro atoms. The fourth-order valence-corrected chi connectivity index (χ4v) is 2.68. The van der Waals surface area contributed by atoms with E-state index in [1.54, 1.807) is 0 Å². The molecule has 0 aliphatic carbocycles. The number of fused-ring (bicyclic) bond motifs is 1. The van der Waals surface area contributed by atoms with Crippen molar-refractivity contribution in [3.05, 3.63) is 52.8 Å². The summed E-state index contributed by atoms with van der Waals surface area (Å²) in [6.45, 7) is 4.91. The van der Waals surface area contributed by atoms with Crippen molar-refractivity contribution in [1.82, 2.24) is 14.9 Å². The SMILES string of the molecule is Cc1nc(NN)nc2c1CN(Cc1ccccc1)CC2. The predicted molar refractivity (Wildman–Crippen MR) is 78.8 cm³/mol. The molecule has 1 aromatic carbocycles. The van der Waals surface area contributed by atoms with E-state index in [9.17, 15) is 0 Å². The topological polar surface area (TPSA) is 67.1 Å². The third-order valence-corrected chi connectivity index (χ3v) is 3.72. The van der Waals surface area contributed by atoms with Crippen LogP contribution in [0.3, 0.4) is 0 Å².